The topological polar surface area (TPSA) is 87.7 Å². The molecule has 1 heterocycles. The van der Waals surface area contributed by atoms with Gasteiger partial charge >= 0.3 is 0 Å². The van der Waals surface area contributed by atoms with Crippen LogP contribution in [0.1, 0.15) is 61.9 Å². The largest absolute Gasteiger partial charge is 0.476 e. The van der Waals surface area contributed by atoms with Gasteiger partial charge < -0.3 is 15.4 Å². The number of fused-ring (bicyclic) bond motifs is 1. The molecule has 1 aliphatic carbocycles. The Hall–Kier alpha value is -3.35. The number of amides is 3. The van der Waals surface area contributed by atoms with Gasteiger partial charge in [0.1, 0.15) is 12.3 Å². The number of rotatable bonds is 5. The number of carbonyl (C=O) groups is 3. The SMILES string of the molecule is Cc1ccc(NC(=O)CN2C(=O)C(C)(C)Oc3ccc(C(=O)NC4CCCCC4)cc32)cc1. The second-order valence-corrected chi connectivity index (χ2v) is 9.41. The van der Waals surface area contributed by atoms with Crippen LogP contribution in [-0.2, 0) is 9.59 Å². The van der Waals surface area contributed by atoms with Gasteiger partial charge in [-0.05, 0) is 63.9 Å². The molecule has 7 heteroatoms. The number of hydrogen-bond acceptors (Lipinski definition) is 4. The van der Waals surface area contributed by atoms with Crippen molar-refractivity contribution < 1.29 is 19.1 Å². The minimum Gasteiger partial charge on any atom is -0.476 e. The number of carbonyl (C=O) groups excluding carboxylic acids is 3. The first-order valence-electron chi connectivity index (χ1n) is 11.6. The summed E-state index contributed by atoms with van der Waals surface area (Å²) >= 11 is 0. The maximum Gasteiger partial charge on any atom is 0.271 e. The predicted molar refractivity (Wildman–Crippen MR) is 128 cm³/mol. The maximum atomic E-state index is 13.2. The lowest BCUT2D eigenvalue weighted by Crippen LogP contribution is -2.54. The van der Waals surface area contributed by atoms with Gasteiger partial charge in [-0.25, -0.2) is 0 Å². The van der Waals surface area contributed by atoms with Crippen molar-refractivity contribution >= 4 is 29.1 Å². The minimum absolute atomic E-state index is 0.175. The molecule has 3 amide bonds. The van der Waals surface area contributed by atoms with E-state index in [1.165, 1.54) is 11.3 Å². The summed E-state index contributed by atoms with van der Waals surface area (Å²) in [5.41, 5.74) is 1.50. The van der Waals surface area contributed by atoms with E-state index in [1.807, 2.05) is 31.2 Å². The highest BCUT2D eigenvalue weighted by Gasteiger charge is 2.42. The van der Waals surface area contributed by atoms with Crippen LogP contribution in [-0.4, -0.2) is 35.9 Å². The summed E-state index contributed by atoms with van der Waals surface area (Å²) in [6, 6.07) is 12.7. The summed E-state index contributed by atoms with van der Waals surface area (Å²) in [6.45, 7) is 5.14. The van der Waals surface area contributed by atoms with E-state index in [4.69, 9.17) is 4.74 Å². The number of aryl methyl sites for hydroxylation is 1. The molecule has 2 aromatic rings. The Balaban J connectivity index is 1.55. The summed E-state index contributed by atoms with van der Waals surface area (Å²) in [5, 5.41) is 5.93. The molecular formula is C26H31N3O4. The van der Waals surface area contributed by atoms with Gasteiger partial charge in [0.05, 0.1) is 5.69 Å². The first-order valence-corrected chi connectivity index (χ1v) is 11.6. The Kier molecular flexibility index (Phi) is 6.40. The average Bonchev–Trinajstić information content (AvgIpc) is 2.78. The zero-order chi connectivity index (χ0) is 23.6. The second kappa shape index (κ2) is 9.25. The molecule has 0 saturated heterocycles. The molecule has 7 nitrogen and oxygen atoms in total. The number of hydrogen-bond donors (Lipinski definition) is 2. The summed E-state index contributed by atoms with van der Waals surface area (Å²) in [7, 11) is 0. The molecule has 2 N–H and O–H groups in total. The van der Waals surface area contributed by atoms with E-state index in [9.17, 15) is 14.4 Å². The molecule has 0 unspecified atom stereocenters. The van der Waals surface area contributed by atoms with E-state index in [-0.39, 0.29) is 30.3 Å². The van der Waals surface area contributed by atoms with Gasteiger partial charge in [-0.1, -0.05) is 37.0 Å². The van der Waals surface area contributed by atoms with Crippen LogP contribution in [0.4, 0.5) is 11.4 Å². The fourth-order valence-electron chi connectivity index (χ4n) is 4.36. The van der Waals surface area contributed by atoms with Gasteiger partial charge in [-0.3, -0.25) is 19.3 Å². The first-order chi connectivity index (χ1) is 15.7. The van der Waals surface area contributed by atoms with Crippen molar-refractivity contribution in [2.24, 2.45) is 0 Å². The van der Waals surface area contributed by atoms with Crippen LogP contribution < -0.4 is 20.3 Å². The lowest BCUT2D eigenvalue weighted by atomic mass is 9.95. The lowest BCUT2D eigenvalue weighted by Gasteiger charge is -2.38. The van der Waals surface area contributed by atoms with Gasteiger partial charge in [0.15, 0.2) is 5.60 Å². The molecule has 0 atom stereocenters. The molecule has 2 aliphatic rings. The normalized spacial score (nSPS) is 17.7. The first kappa shape index (κ1) is 22.8. The minimum atomic E-state index is -1.12. The molecule has 1 fully saturated rings. The smallest absolute Gasteiger partial charge is 0.271 e. The molecule has 0 spiro atoms. The molecule has 0 radical (unpaired) electrons. The van der Waals surface area contributed by atoms with Crippen LogP contribution >= 0.6 is 0 Å². The van der Waals surface area contributed by atoms with Gasteiger partial charge in [0.25, 0.3) is 11.8 Å². The van der Waals surface area contributed by atoms with Gasteiger partial charge in [0, 0.05) is 17.3 Å². The van der Waals surface area contributed by atoms with Gasteiger partial charge in [0.2, 0.25) is 5.91 Å². The molecule has 0 bridgehead atoms. The van der Waals surface area contributed by atoms with E-state index in [0.29, 0.717) is 22.7 Å². The van der Waals surface area contributed by atoms with Crippen LogP contribution in [0.15, 0.2) is 42.5 Å². The summed E-state index contributed by atoms with van der Waals surface area (Å²) in [6.07, 6.45) is 5.42. The Bertz CT molecular complexity index is 1060. The van der Waals surface area contributed by atoms with Crippen molar-refractivity contribution in [3.63, 3.8) is 0 Å². The lowest BCUT2D eigenvalue weighted by molar-refractivity contribution is -0.133. The number of anilines is 2. The second-order valence-electron chi connectivity index (χ2n) is 9.41. The summed E-state index contributed by atoms with van der Waals surface area (Å²) in [4.78, 5) is 40.2. The molecule has 33 heavy (non-hydrogen) atoms. The summed E-state index contributed by atoms with van der Waals surface area (Å²) < 4.78 is 5.90. The molecule has 0 aromatic heterocycles. The predicted octanol–water partition coefficient (Wildman–Crippen LogP) is 4.20. The fraction of sp³-hybridized carbons (Fsp3) is 0.423. The molecular weight excluding hydrogens is 418 g/mol. The van der Waals surface area contributed by atoms with Gasteiger partial charge in [-0.15, -0.1) is 0 Å². The quantitative estimate of drug-likeness (QED) is 0.716. The van der Waals surface area contributed by atoms with E-state index in [1.54, 1.807) is 32.0 Å². The molecule has 174 valence electrons. The van der Waals surface area contributed by atoms with E-state index in [0.717, 1.165) is 31.2 Å². The maximum absolute atomic E-state index is 13.2. The third-order valence-corrected chi connectivity index (χ3v) is 6.21. The van der Waals surface area contributed by atoms with Crippen molar-refractivity contribution in [2.45, 2.75) is 64.5 Å². The van der Waals surface area contributed by atoms with E-state index < -0.39 is 5.60 Å². The fourth-order valence-corrected chi connectivity index (χ4v) is 4.36. The monoisotopic (exact) mass is 449 g/mol. The zero-order valence-corrected chi connectivity index (χ0v) is 19.4. The van der Waals surface area contributed by atoms with Crippen LogP contribution in [0, 0.1) is 6.92 Å². The van der Waals surface area contributed by atoms with Crippen molar-refractivity contribution in [2.75, 3.05) is 16.8 Å². The molecule has 1 saturated carbocycles. The third-order valence-electron chi connectivity index (χ3n) is 6.21. The number of ether oxygens (including phenoxy) is 1. The summed E-state index contributed by atoms with van der Waals surface area (Å²) in [5.74, 6) is -0.366. The molecule has 2 aromatic carbocycles. The van der Waals surface area contributed by atoms with Crippen LogP contribution in [0.2, 0.25) is 0 Å². The number of benzene rings is 2. The third kappa shape index (κ3) is 5.18. The van der Waals surface area contributed by atoms with Crippen LogP contribution in [0.25, 0.3) is 0 Å². The highest BCUT2D eigenvalue weighted by molar-refractivity contribution is 6.08. The Morgan fingerprint density at radius 3 is 2.45 bits per heavy atom. The van der Waals surface area contributed by atoms with Crippen LogP contribution in [0.3, 0.4) is 0 Å². The van der Waals surface area contributed by atoms with E-state index in [2.05, 4.69) is 10.6 Å². The van der Waals surface area contributed by atoms with Crippen molar-refractivity contribution in [1.82, 2.24) is 5.32 Å². The van der Waals surface area contributed by atoms with E-state index >= 15 is 0 Å². The van der Waals surface area contributed by atoms with Gasteiger partial charge in [-0.2, -0.15) is 0 Å². The number of nitrogens with one attached hydrogen (secondary N) is 2. The Morgan fingerprint density at radius 2 is 1.76 bits per heavy atom. The highest BCUT2D eigenvalue weighted by atomic mass is 16.5. The van der Waals surface area contributed by atoms with Crippen LogP contribution in [0.5, 0.6) is 5.75 Å². The molecule has 4 rings (SSSR count). The Morgan fingerprint density at radius 1 is 1.06 bits per heavy atom. The number of nitrogens with zero attached hydrogens (tertiary/aromatic N) is 1. The molecule has 1 aliphatic heterocycles. The van der Waals surface area contributed by atoms with Crippen molar-refractivity contribution in [3.8, 4) is 5.75 Å². The zero-order valence-electron chi connectivity index (χ0n) is 19.4. The highest BCUT2D eigenvalue weighted by Crippen LogP contribution is 2.38. The Labute approximate surface area is 194 Å². The standard InChI is InChI=1S/C26H31N3O4/c1-17-9-12-20(13-10-17)27-23(30)16-29-21-15-18(24(31)28-19-7-5-4-6-8-19)11-14-22(21)33-26(2,3)25(29)32/h9-15,19H,4-8,16H2,1-3H3,(H,27,30)(H,28,31). The average molecular weight is 450 g/mol. The van der Waals surface area contributed by atoms with Crippen molar-refractivity contribution in [1.29, 1.82) is 0 Å². The van der Waals surface area contributed by atoms with Crippen molar-refractivity contribution in [3.05, 3.63) is 53.6 Å².